The Morgan fingerprint density at radius 1 is 1.20 bits per heavy atom. The summed E-state index contributed by atoms with van der Waals surface area (Å²) < 4.78 is 23.3. The predicted molar refractivity (Wildman–Crippen MR) is 105 cm³/mol. The Balaban J connectivity index is 2.31. The Bertz CT molecular complexity index is 690. The average Bonchev–Trinajstić information content (AvgIpc) is 2.55. The zero-order valence-electron chi connectivity index (χ0n) is 14.7. The first-order chi connectivity index (χ1) is 11.7. The van der Waals surface area contributed by atoms with Crippen LogP contribution < -0.4 is 16.0 Å². The molecular formula is C16H25BrN4O3S. The summed E-state index contributed by atoms with van der Waals surface area (Å²) in [6, 6.07) is 7.10. The summed E-state index contributed by atoms with van der Waals surface area (Å²) in [5.74, 6) is 0.555. The van der Waals surface area contributed by atoms with Crippen LogP contribution in [0.1, 0.15) is 23.7 Å². The van der Waals surface area contributed by atoms with Crippen LogP contribution in [0.5, 0.6) is 0 Å². The Morgan fingerprint density at radius 2 is 1.80 bits per heavy atom. The van der Waals surface area contributed by atoms with E-state index in [-0.39, 0.29) is 17.7 Å². The highest BCUT2D eigenvalue weighted by atomic mass is 79.9. The van der Waals surface area contributed by atoms with E-state index in [2.05, 4.69) is 36.9 Å². The molecule has 1 aromatic carbocycles. The molecule has 0 aliphatic carbocycles. The molecular weight excluding hydrogens is 408 g/mol. The van der Waals surface area contributed by atoms with Gasteiger partial charge < -0.3 is 16.0 Å². The van der Waals surface area contributed by atoms with E-state index >= 15 is 0 Å². The van der Waals surface area contributed by atoms with E-state index in [1.54, 1.807) is 19.2 Å². The number of halogens is 1. The normalized spacial score (nSPS) is 13.2. The van der Waals surface area contributed by atoms with Crippen molar-refractivity contribution >= 4 is 37.6 Å². The minimum atomic E-state index is -2.97. The lowest BCUT2D eigenvalue weighted by Crippen LogP contribution is -2.45. The van der Waals surface area contributed by atoms with Crippen molar-refractivity contribution < 1.29 is 13.2 Å². The fourth-order valence-electron chi connectivity index (χ4n) is 1.95. The molecule has 0 saturated heterocycles. The fourth-order valence-corrected chi connectivity index (χ4v) is 3.00. The molecule has 1 unspecified atom stereocenters. The number of carbonyl (C=O) groups excluding carboxylic acids is 1. The maximum Gasteiger partial charge on any atom is 0.251 e. The van der Waals surface area contributed by atoms with Gasteiger partial charge in [-0.1, -0.05) is 15.9 Å². The van der Waals surface area contributed by atoms with Crippen LogP contribution in [0.15, 0.2) is 33.7 Å². The summed E-state index contributed by atoms with van der Waals surface area (Å²) in [5.41, 5.74) is 0.597. The number of sulfone groups is 1. The number of rotatable bonds is 8. The van der Waals surface area contributed by atoms with Gasteiger partial charge in [-0.3, -0.25) is 9.79 Å². The summed E-state index contributed by atoms with van der Waals surface area (Å²) in [4.78, 5) is 16.1. The molecule has 140 valence electrons. The first kappa shape index (κ1) is 21.4. The smallest absolute Gasteiger partial charge is 0.251 e. The molecule has 1 atom stereocenters. The second-order valence-corrected chi connectivity index (χ2v) is 8.90. The topological polar surface area (TPSA) is 99.7 Å². The number of nitrogens with zero attached hydrogens (tertiary/aromatic N) is 1. The monoisotopic (exact) mass is 432 g/mol. The van der Waals surface area contributed by atoms with E-state index in [4.69, 9.17) is 0 Å². The van der Waals surface area contributed by atoms with Crippen LogP contribution in [-0.2, 0) is 9.84 Å². The standard InChI is InChI=1S/C16H25BrN4O3S/c1-12(8-11-25(3,23)24)21-16(18-2)20-10-9-19-15(22)13-4-6-14(17)7-5-13/h4-7,12H,8-11H2,1-3H3,(H,19,22)(H2,18,20,21). The molecule has 3 N–H and O–H groups in total. The van der Waals surface area contributed by atoms with Crippen LogP contribution >= 0.6 is 15.9 Å². The molecule has 0 fully saturated rings. The van der Waals surface area contributed by atoms with E-state index in [1.807, 2.05) is 19.1 Å². The highest BCUT2D eigenvalue weighted by Gasteiger charge is 2.09. The summed E-state index contributed by atoms with van der Waals surface area (Å²) in [6.07, 6.45) is 1.72. The zero-order chi connectivity index (χ0) is 18.9. The first-order valence-corrected chi connectivity index (χ1v) is 10.8. The minimum Gasteiger partial charge on any atom is -0.355 e. The molecule has 7 nitrogen and oxygen atoms in total. The fraction of sp³-hybridized carbons (Fsp3) is 0.500. The van der Waals surface area contributed by atoms with E-state index in [9.17, 15) is 13.2 Å². The van der Waals surface area contributed by atoms with E-state index in [0.29, 0.717) is 31.0 Å². The second-order valence-electron chi connectivity index (χ2n) is 5.73. The third-order valence-electron chi connectivity index (χ3n) is 3.34. The molecule has 0 radical (unpaired) electrons. The van der Waals surface area contributed by atoms with Crippen LogP contribution in [0.25, 0.3) is 0 Å². The van der Waals surface area contributed by atoms with Gasteiger partial charge in [0.1, 0.15) is 9.84 Å². The minimum absolute atomic E-state index is 0.0294. The van der Waals surface area contributed by atoms with Gasteiger partial charge in [-0.2, -0.15) is 0 Å². The maximum absolute atomic E-state index is 12.0. The van der Waals surface area contributed by atoms with Gasteiger partial charge in [0.05, 0.1) is 5.75 Å². The van der Waals surface area contributed by atoms with Crippen molar-refractivity contribution in [3.05, 3.63) is 34.3 Å². The molecule has 1 rings (SSSR count). The molecule has 0 spiro atoms. The summed E-state index contributed by atoms with van der Waals surface area (Å²) in [7, 11) is -1.33. The van der Waals surface area contributed by atoms with Crippen LogP contribution in [-0.4, -0.2) is 58.5 Å². The highest BCUT2D eigenvalue weighted by Crippen LogP contribution is 2.10. The Hall–Kier alpha value is -1.61. The van der Waals surface area contributed by atoms with Crippen molar-refractivity contribution in [2.75, 3.05) is 32.1 Å². The Kier molecular flexibility index (Phi) is 8.91. The highest BCUT2D eigenvalue weighted by molar-refractivity contribution is 9.10. The number of hydrogen-bond donors (Lipinski definition) is 3. The predicted octanol–water partition coefficient (Wildman–Crippen LogP) is 1.17. The maximum atomic E-state index is 12.0. The third-order valence-corrected chi connectivity index (χ3v) is 4.84. The van der Waals surface area contributed by atoms with Gasteiger partial charge in [0.2, 0.25) is 0 Å². The number of guanidine groups is 1. The Labute approximate surface area is 157 Å². The number of benzene rings is 1. The van der Waals surface area contributed by atoms with E-state index < -0.39 is 9.84 Å². The molecule has 1 amide bonds. The zero-order valence-corrected chi connectivity index (χ0v) is 17.1. The third kappa shape index (κ3) is 9.45. The van der Waals surface area contributed by atoms with Gasteiger partial charge >= 0.3 is 0 Å². The lowest BCUT2D eigenvalue weighted by atomic mass is 10.2. The number of aliphatic imine (C=N–C) groups is 1. The lowest BCUT2D eigenvalue weighted by Gasteiger charge is -2.17. The number of carbonyl (C=O) groups is 1. The van der Waals surface area contributed by atoms with Crippen molar-refractivity contribution in [2.45, 2.75) is 19.4 Å². The molecule has 0 aliphatic heterocycles. The molecule has 0 aliphatic rings. The van der Waals surface area contributed by atoms with Crippen molar-refractivity contribution in [1.29, 1.82) is 0 Å². The molecule has 0 bridgehead atoms. The van der Waals surface area contributed by atoms with Gasteiger partial charge in [-0.15, -0.1) is 0 Å². The summed E-state index contributed by atoms with van der Waals surface area (Å²) >= 11 is 3.33. The average molecular weight is 433 g/mol. The molecule has 0 aromatic heterocycles. The molecule has 0 heterocycles. The van der Waals surface area contributed by atoms with Crippen LogP contribution in [0.3, 0.4) is 0 Å². The summed E-state index contributed by atoms with van der Waals surface area (Å²) in [6.45, 7) is 2.83. The number of hydrogen-bond acceptors (Lipinski definition) is 4. The van der Waals surface area contributed by atoms with E-state index in [1.165, 1.54) is 6.26 Å². The number of nitrogens with one attached hydrogen (secondary N) is 3. The number of amides is 1. The quantitative estimate of drug-likeness (QED) is 0.325. The van der Waals surface area contributed by atoms with Crippen molar-refractivity contribution in [3.8, 4) is 0 Å². The van der Waals surface area contributed by atoms with Crippen LogP contribution in [0, 0.1) is 0 Å². The molecule has 0 saturated carbocycles. The second kappa shape index (κ2) is 10.4. The van der Waals surface area contributed by atoms with Gasteiger partial charge in [-0.25, -0.2) is 8.42 Å². The van der Waals surface area contributed by atoms with Gasteiger partial charge in [0.25, 0.3) is 5.91 Å². The Morgan fingerprint density at radius 3 is 2.36 bits per heavy atom. The molecule has 25 heavy (non-hydrogen) atoms. The van der Waals surface area contributed by atoms with Gasteiger partial charge in [0, 0.05) is 42.5 Å². The van der Waals surface area contributed by atoms with Crippen molar-refractivity contribution in [1.82, 2.24) is 16.0 Å². The largest absolute Gasteiger partial charge is 0.355 e. The van der Waals surface area contributed by atoms with Crippen LogP contribution in [0.2, 0.25) is 0 Å². The van der Waals surface area contributed by atoms with Crippen molar-refractivity contribution in [2.24, 2.45) is 4.99 Å². The van der Waals surface area contributed by atoms with E-state index in [0.717, 1.165) is 4.47 Å². The summed E-state index contributed by atoms with van der Waals surface area (Å²) in [5, 5.41) is 9.02. The SMILES string of the molecule is CN=C(NCCNC(=O)c1ccc(Br)cc1)NC(C)CCS(C)(=O)=O. The van der Waals surface area contributed by atoms with Crippen LogP contribution in [0.4, 0.5) is 0 Å². The first-order valence-electron chi connectivity index (χ1n) is 7.90. The van der Waals surface area contributed by atoms with Gasteiger partial charge in [0.15, 0.2) is 5.96 Å². The lowest BCUT2D eigenvalue weighted by molar-refractivity contribution is 0.0954. The van der Waals surface area contributed by atoms with Gasteiger partial charge in [-0.05, 0) is 37.6 Å². The van der Waals surface area contributed by atoms with Crippen molar-refractivity contribution in [3.63, 3.8) is 0 Å². The molecule has 1 aromatic rings. The molecule has 9 heteroatoms.